The highest BCUT2D eigenvalue weighted by atomic mass is 35.5. The molecule has 16 nitrogen and oxygen atoms in total. The minimum absolute atomic E-state index is 0.0469. The van der Waals surface area contributed by atoms with Crippen molar-refractivity contribution in [2.24, 2.45) is 0 Å². The van der Waals surface area contributed by atoms with Gasteiger partial charge in [0.25, 0.3) is 11.8 Å². The summed E-state index contributed by atoms with van der Waals surface area (Å²) in [5.41, 5.74) is 4.89. The van der Waals surface area contributed by atoms with Gasteiger partial charge in [-0.05, 0) is 68.7 Å². The van der Waals surface area contributed by atoms with Gasteiger partial charge in [-0.15, -0.1) is 0 Å². The van der Waals surface area contributed by atoms with E-state index in [-0.39, 0.29) is 43.4 Å². The number of methoxy groups -OCH3 is 1. The van der Waals surface area contributed by atoms with E-state index in [1.165, 1.54) is 0 Å². The number of benzene rings is 3. The Hall–Kier alpha value is -5.51. The predicted molar refractivity (Wildman–Crippen MR) is 253 cm³/mol. The van der Waals surface area contributed by atoms with E-state index in [4.69, 9.17) is 35.5 Å². The molecular weight excluding hydrogens is 899 g/mol. The molecule has 3 aliphatic rings. The molecule has 356 valence electrons. The molecule has 4 heterocycles. The SMILES string of the molecule is COc1cc(N2CCC(NC(=O)CCOCCOCCOCCCc3cccc4c3C(=O)N(C3CCC(=O)NC3=O)C4=O)CC2)ccc1Cc1ncc(Cl)c(Cc2ccccc2P(C)(C)=O)n1. The molecule has 67 heavy (non-hydrogen) atoms. The summed E-state index contributed by atoms with van der Waals surface area (Å²) in [6, 6.07) is 18.0. The van der Waals surface area contributed by atoms with Gasteiger partial charge >= 0.3 is 0 Å². The Morgan fingerprint density at radius 1 is 0.851 bits per heavy atom. The van der Waals surface area contributed by atoms with Crippen molar-refractivity contribution in [3.63, 3.8) is 0 Å². The largest absolute Gasteiger partial charge is 0.496 e. The lowest BCUT2D eigenvalue weighted by molar-refractivity contribution is -0.136. The Balaban J connectivity index is 0.744. The molecule has 1 unspecified atom stereocenters. The number of ether oxygens (including phenoxy) is 4. The first-order valence-corrected chi connectivity index (χ1v) is 25.7. The molecule has 3 aromatic carbocycles. The third-order valence-electron chi connectivity index (χ3n) is 12.1. The zero-order chi connectivity index (χ0) is 47.5. The monoisotopic (exact) mass is 956 g/mol. The standard InChI is InChI=1S/C49H58ClN6O10P/c1-63-41-30-36(14-13-33(41)29-43-51-31-38(50)39(53-43)28-34-8-4-5-12-42(34)67(2,3)62)55-20-17-35(18-21-55)52-45(58)19-23-65-25-27-66-26-24-64-22-7-10-32-9-6-11-37-46(32)49(61)56(48(37)60)40-15-16-44(57)54-47(40)59/h4-6,8-9,11-14,30-31,35,40H,7,10,15-29H2,1-3H3,(H,52,58)(H,54,57,59). The van der Waals surface area contributed by atoms with E-state index in [1.807, 2.05) is 36.4 Å². The van der Waals surface area contributed by atoms with Crippen molar-refractivity contribution in [2.75, 3.05) is 78.1 Å². The van der Waals surface area contributed by atoms with E-state index >= 15 is 0 Å². The van der Waals surface area contributed by atoms with Gasteiger partial charge in [-0.1, -0.05) is 54.1 Å². The van der Waals surface area contributed by atoms with Crippen LogP contribution in [-0.2, 0) is 52.4 Å². The molecule has 0 spiro atoms. The number of hydrogen-bond donors (Lipinski definition) is 2. The highest BCUT2D eigenvalue weighted by Crippen LogP contribution is 2.37. The Morgan fingerprint density at radius 2 is 1.57 bits per heavy atom. The second kappa shape index (κ2) is 23.0. The number of fused-ring (bicyclic) bond motifs is 1. The molecule has 0 aliphatic carbocycles. The van der Waals surface area contributed by atoms with Gasteiger partial charge in [0.1, 0.15) is 24.8 Å². The van der Waals surface area contributed by atoms with Crippen LogP contribution >= 0.6 is 18.7 Å². The summed E-state index contributed by atoms with van der Waals surface area (Å²) >= 11 is 6.54. The van der Waals surface area contributed by atoms with Crippen LogP contribution in [-0.4, -0.2) is 130 Å². The van der Waals surface area contributed by atoms with Crippen LogP contribution < -0.4 is 25.6 Å². The third kappa shape index (κ3) is 12.7. The fraction of sp³-hybridized carbons (Fsp3) is 0.449. The Labute approximate surface area is 395 Å². The number of carbonyl (C=O) groups excluding carboxylic acids is 5. The molecule has 0 bridgehead atoms. The molecule has 0 radical (unpaired) electrons. The number of piperidine rings is 2. The summed E-state index contributed by atoms with van der Waals surface area (Å²) in [6.45, 7) is 7.26. The summed E-state index contributed by atoms with van der Waals surface area (Å²) in [4.78, 5) is 75.6. The smallest absolute Gasteiger partial charge is 0.262 e. The topological polar surface area (TPSA) is 196 Å². The van der Waals surface area contributed by atoms with Gasteiger partial charge in [-0.25, -0.2) is 9.97 Å². The number of anilines is 1. The van der Waals surface area contributed by atoms with Crippen LogP contribution in [0.25, 0.3) is 0 Å². The number of carbonyl (C=O) groups is 5. The Kier molecular flexibility index (Phi) is 17.0. The van der Waals surface area contributed by atoms with E-state index in [9.17, 15) is 28.5 Å². The maximum Gasteiger partial charge on any atom is 0.262 e. The van der Waals surface area contributed by atoms with Crippen LogP contribution in [0.15, 0.2) is 66.9 Å². The predicted octanol–water partition coefficient (Wildman–Crippen LogP) is 5.13. The number of imide groups is 2. The maximum absolute atomic E-state index is 13.3. The second-order valence-electron chi connectivity index (χ2n) is 17.2. The van der Waals surface area contributed by atoms with Crippen LogP contribution in [0.4, 0.5) is 5.69 Å². The molecule has 1 atom stereocenters. The lowest BCUT2D eigenvalue weighted by atomic mass is 9.99. The summed E-state index contributed by atoms with van der Waals surface area (Å²) in [5, 5.41) is 6.65. The number of aryl methyl sites for hydroxylation is 1. The number of rotatable bonds is 22. The zero-order valence-corrected chi connectivity index (χ0v) is 39.9. The number of hydrogen-bond acceptors (Lipinski definition) is 13. The van der Waals surface area contributed by atoms with Gasteiger partial charge in [-0.3, -0.25) is 34.2 Å². The normalized spacial score (nSPS) is 16.6. The molecule has 4 aromatic rings. The molecule has 2 N–H and O–H groups in total. The first kappa shape index (κ1) is 49.4. The first-order valence-electron chi connectivity index (χ1n) is 22.7. The lowest BCUT2D eigenvalue weighted by Crippen LogP contribution is -2.54. The van der Waals surface area contributed by atoms with Gasteiger partial charge < -0.3 is 33.7 Å². The number of halogens is 1. The van der Waals surface area contributed by atoms with E-state index in [0.717, 1.165) is 58.7 Å². The Morgan fingerprint density at radius 3 is 2.30 bits per heavy atom. The minimum Gasteiger partial charge on any atom is -0.496 e. The van der Waals surface area contributed by atoms with Crippen molar-refractivity contribution < 1.29 is 47.5 Å². The molecular formula is C49H58ClN6O10P. The summed E-state index contributed by atoms with van der Waals surface area (Å²) in [6.07, 6.45) is 5.69. The van der Waals surface area contributed by atoms with Crippen molar-refractivity contribution in [1.29, 1.82) is 0 Å². The van der Waals surface area contributed by atoms with Crippen LogP contribution in [0.5, 0.6) is 5.75 Å². The van der Waals surface area contributed by atoms with Gasteiger partial charge in [0, 0.05) is 80.2 Å². The summed E-state index contributed by atoms with van der Waals surface area (Å²) in [7, 11) is -0.838. The summed E-state index contributed by atoms with van der Waals surface area (Å²) in [5.74, 6) is -0.779. The fourth-order valence-corrected chi connectivity index (χ4v) is 10.2. The molecule has 18 heteroatoms. The van der Waals surface area contributed by atoms with Crippen molar-refractivity contribution in [2.45, 2.75) is 69.9 Å². The molecule has 3 aliphatic heterocycles. The first-order chi connectivity index (χ1) is 32.3. The van der Waals surface area contributed by atoms with Crippen molar-refractivity contribution >= 4 is 59.3 Å². The van der Waals surface area contributed by atoms with E-state index in [2.05, 4.69) is 26.6 Å². The molecule has 2 saturated heterocycles. The van der Waals surface area contributed by atoms with Gasteiger partial charge in [0.2, 0.25) is 17.7 Å². The minimum atomic E-state index is -2.49. The second-order valence-corrected chi connectivity index (χ2v) is 20.8. The van der Waals surface area contributed by atoms with E-state index in [1.54, 1.807) is 44.8 Å². The summed E-state index contributed by atoms with van der Waals surface area (Å²) < 4.78 is 35.7. The van der Waals surface area contributed by atoms with Crippen LogP contribution in [0.3, 0.4) is 0 Å². The van der Waals surface area contributed by atoms with Crippen molar-refractivity contribution in [3.8, 4) is 5.75 Å². The fourth-order valence-electron chi connectivity index (χ4n) is 8.71. The average molecular weight is 957 g/mol. The van der Waals surface area contributed by atoms with Crippen molar-refractivity contribution in [3.05, 3.63) is 111 Å². The number of aromatic nitrogens is 2. The number of nitrogens with one attached hydrogen (secondary N) is 2. The van der Waals surface area contributed by atoms with Crippen LogP contribution in [0.2, 0.25) is 5.02 Å². The van der Waals surface area contributed by atoms with Gasteiger partial charge in [0.05, 0.1) is 62.0 Å². The van der Waals surface area contributed by atoms with Gasteiger partial charge in [-0.2, -0.15) is 0 Å². The Bertz CT molecular complexity index is 2510. The van der Waals surface area contributed by atoms with Gasteiger partial charge in [0.15, 0.2) is 0 Å². The number of nitrogens with zero attached hydrogens (tertiary/aromatic N) is 4. The van der Waals surface area contributed by atoms with Crippen LogP contribution in [0, 0.1) is 0 Å². The molecule has 0 saturated carbocycles. The highest BCUT2D eigenvalue weighted by Gasteiger charge is 2.45. The van der Waals surface area contributed by atoms with E-state index < -0.39 is 36.8 Å². The third-order valence-corrected chi connectivity index (χ3v) is 14.1. The highest BCUT2D eigenvalue weighted by molar-refractivity contribution is 7.70. The van der Waals surface area contributed by atoms with Crippen LogP contribution in [0.1, 0.15) is 87.4 Å². The molecule has 5 amide bonds. The zero-order valence-electron chi connectivity index (χ0n) is 38.2. The van der Waals surface area contributed by atoms with E-state index in [0.29, 0.717) is 86.4 Å². The quantitative estimate of drug-likeness (QED) is 0.0599. The lowest BCUT2D eigenvalue weighted by Gasteiger charge is -2.34. The van der Waals surface area contributed by atoms with Crippen molar-refractivity contribution in [1.82, 2.24) is 25.5 Å². The molecule has 1 aromatic heterocycles. The molecule has 7 rings (SSSR count). The number of amides is 5. The average Bonchev–Trinajstić information content (AvgIpc) is 3.56. The molecule has 2 fully saturated rings. The maximum atomic E-state index is 13.3.